The minimum absolute atomic E-state index is 0.0278. The summed E-state index contributed by atoms with van der Waals surface area (Å²) in [6.45, 7) is 1.10. The number of carbonyl (C=O) groups excluding carboxylic acids is 1. The van der Waals surface area contributed by atoms with E-state index in [1.165, 1.54) is 18.3 Å². The molecule has 88 valence electrons. The third kappa shape index (κ3) is 2.90. The molecule has 0 bridgehead atoms. The van der Waals surface area contributed by atoms with Crippen LogP contribution in [0.25, 0.3) is 0 Å². The number of halogens is 1. The molecule has 5 heteroatoms. The fourth-order valence-electron chi connectivity index (χ4n) is 1.47. The first-order valence-electron chi connectivity index (χ1n) is 5.27. The van der Waals surface area contributed by atoms with E-state index in [2.05, 4.69) is 10.3 Å². The van der Waals surface area contributed by atoms with Crippen molar-refractivity contribution in [3.63, 3.8) is 0 Å². The van der Waals surface area contributed by atoms with Gasteiger partial charge in [0.2, 0.25) is 5.95 Å². The summed E-state index contributed by atoms with van der Waals surface area (Å²) in [4.78, 5) is 15.0. The summed E-state index contributed by atoms with van der Waals surface area (Å²) in [5.41, 5.74) is -0.0278. The monoisotopic (exact) mass is 233 g/mol. The average Bonchev–Trinajstić information content (AvgIpc) is 2.82. The number of carbonyl (C=O) groups is 1. The fraction of sp³-hybridized carbons (Fsp3) is 0.167. The van der Waals surface area contributed by atoms with Crippen molar-refractivity contribution in [1.82, 2.24) is 14.9 Å². The molecule has 0 aliphatic heterocycles. The van der Waals surface area contributed by atoms with E-state index in [0.717, 1.165) is 0 Å². The lowest BCUT2D eigenvalue weighted by Gasteiger charge is -2.06. The summed E-state index contributed by atoms with van der Waals surface area (Å²) in [5.74, 6) is -1.19. The molecular weight excluding hydrogens is 221 g/mol. The van der Waals surface area contributed by atoms with Crippen LogP contribution in [0.5, 0.6) is 0 Å². The predicted molar refractivity (Wildman–Crippen MR) is 61.0 cm³/mol. The average molecular weight is 233 g/mol. The molecule has 2 rings (SSSR count). The van der Waals surface area contributed by atoms with Crippen molar-refractivity contribution in [2.24, 2.45) is 0 Å². The Labute approximate surface area is 98.1 Å². The van der Waals surface area contributed by atoms with Crippen LogP contribution >= 0.6 is 0 Å². The highest BCUT2D eigenvalue weighted by Crippen LogP contribution is 2.02. The topological polar surface area (TPSA) is 46.9 Å². The van der Waals surface area contributed by atoms with Crippen LogP contribution in [-0.2, 0) is 6.54 Å². The number of amides is 1. The molecule has 0 radical (unpaired) electrons. The van der Waals surface area contributed by atoms with Gasteiger partial charge in [0.05, 0.1) is 5.56 Å². The van der Waals surface area contributed by atoms with E-state index in [0.29, 0.717) is 13.1 Å². The number of hydrogen-bond acceptors (Lipinski definition) is 2. The van der Waals surface area contributed by atoms with Crippen LogP contribution in [-0.4, -0.2) is 22.0 Å². The summed E-state index contributed by atoms with van der Waals surface area (Å²) in [6.07, 6.45) is 5.11. The number of nitrogens with one attached hydrogen (secondary N) is 1. The Bertz CT molecular complexity index is 496. The second kappa shape index (κ2) is 5.25. The quantitative estimate of drug-likeness (QED) is 0.812. The van der Waals surface area contributed by atoms with Crippen molar-refractivity contribution in [2.75, 3.05) is 6.54 Å². The second-order valence-electron chi connectivity index (χ2n) is 3.52. The lowest BCUT2D eigenvalue weighted by molar-refractivity contribution is 0.0947. The number of aromatic nitrogens is 2. The van der Waals surface area contributed by atoms with Crippen molar-refractivity contribution in [3.8, 4) is 0 Å². The summed E-state index contributed by atoms with van der Waals surface area (Å²) >= 11 is 0. The molecule has 0 aliphatic rings. The SMILES string of the molecule is O=C(NCCn1cccc1)c1cccnc1F. The fourth-order valence-corrected chi connectivity index (χ4v) is 1.47. The first-order valence-corrected chi connectivity index (χ1v) is 5.27. The molecule has 0 aliphatic carbocycles. The summed E-state index contributed by atoms with van der Waals surface area (Å²) in [6, 6.07) is 6.75. The van der Waals surface area contributed by atoms with E-state index in [1.807, 2.05) is 29.1 Å². The summed E-state index contributed by atoms with van der Waals surface area (Å²) in [5, 5.41) is 2.64. The van der Waals surface area contributed by atoms with Gasteiger partial charge in [0, 0.05) is 31.7 Å². The molecule has 0 saturated carbocycles. The van der Waals surface area contributed by atoms with Crippen molar-refractivity contribution in [2.45, 2.75) is 6.54 Å². The lowest BCUT2D eigenvalue weighted by Crippen LogP contribution is -2.27. The molecule has 1 amide bonds. The molecule has 0 saturated heterocycles. The number of pyridine rings is 1. The van der Waals surface area contributed by atoms with Crippen molar-refractivity contribution in [1.29, 1.82) is 0 Å². The highest BCUT2D eigenvalue weighted by Gasteiger charge is 2.10. The van der Waals surface area contributed by atoms with Crippen molar-refractivity contribution >= 4 is 5.91 Å². The van der Waals surface area contributed by atoms with Crippen LogP contribution in [0.3, 0.4) is 0 Å². The van der Waals surface area contributed by atoms with E-state index in [-0.39, 0.29) is 5.56 Å². The minimum Gasteiger partial charge on any atom is -0.353 e. The zero-order chi connectivity index (χ0) is 12.1. The van der Waals surface area contributed by atoms with Crippen LogP contribution in [0, 0.1) is 5.95 Å². The molecule has 1 N–H and O–H groups in total. The van der Waals surface area contributed by atoms with E-state index in [4.69, 9.17) is 0 Å². The molecule has 17 heavy (non-hydrogen) atoms. The van der Waals surface area contributed by atoms with E-state index >= 15 is 0 Å². The van der Waals surface area contributed by atoms with E-state index in [9.17, 15) is 9.18 Å². The third-order valence-electron chi connectivity index (χ3n) is 2.33. The first kappa shape index (κ1) is 11.3. The molecule has 0 fully saturated rings. The molecule has 2 aromatic rings. The van der Waals surface area contributed by atoms with Crippen LogP contribution in [0.15, 0.2) is 42.9 Å². The predicted octanol–water partition coefficient (Wildman–Crippen LogP) is 1.45. The van der Waals surface area contributed by atoms with Gasteiger partial charge in [0.25, 0.3) is 5.91 Å². The maximum Gasteiger partial charge on any atom is 0.255 e. The van der Waals surface area contributed by atoms with Crippen LogP contribution in [0.2, 0.25) is 0 Å². The lowest BCUT2D eigenvalue weighted by atomic mass is 10.2. The Morgan fingerprint density at radius 3 is 2.82 bits per heavy atom. The van der Waals surface area contributed by atoms with Gasteiger partial charge in [0.15, 0.2) is 0 Å². The molecule has 2 aromatic heterocycles. The van der Waals surface area contributed by atoms with E-state index < -0.39 is 11.9 Å². The van der Waals surface area contributed by atoms with Gasteiger partial charge >= 0.3 is 0 Å². The third-order valence-corrected chi connectivity index (χ3v) is 2.33. The zero-order valence-electron chi connectivity index (χ0n) is 9.14. The Hall–Kier alpha value is -2.17. The molecule has 0 atom stereocenters. The Morgan fingerprint density at radius 2 is 2.12 bits per heavy atom. The second-order valence-corrected chi connectivity index (χ2v) is 3.52. The first-order chi connectivity index (χ1) is 8.27. The smallest absolute Gasteiger partial charge is 0.255 e. The highest BCUT2D eigenvalue weighted by molar-refractivity contribution is 5.94. The standard InChI is InChI=1S/C12H12FN3O/c13-11-10(4-3-5-14-11)12(17)15-6-9-16-7-1-2-8-16/h1-5,7-8H,6,9H2,(H,15,17). The largest absolute Gasteiger partial charge is 0.353 e. The Morgan fingerprint density at radius 1 is 1.35 bits per heavy atom. The van der Waals surface area contributed by atoms with Gasteiger partial charge in [-0.05, 0) is 24.3 Å². The molecular formula is C12H12FN3O. The molecule has 0 unspecified atom stereocenters. The van der Waals surface area contributed by atoms with Crippen LogP contribution in [0.4, 0.5) is 4.39 Å². The van der Waals surface area contributed by atoms with Gasteiger partial charge in [-0.1, -0.05) is 0 Å². The van der Waals surface area contributed by atoms with Crippen molar-refractivity contribution < 1.29 is 9.18 Å². The highest BCUT2D eigenvalue weighted by atomic mass is 19.1. The zero-order valence-corrected chi connectivity index (χ0v) is 9.14. The molecule has 4 nitrogen and oxygen atoms in total. The van der Waals surface area contributed by atoms with Crippen LogP contribution < -0.4 is 5.32 Å². The van der Waals surface area contributed by atoms with Crippen LogP contribution in [0.1, 0.15) is 10.4 Å². The number of nitrogens with zero attached hydrogens (tertiary/aromatic N) is 2. The molecule has 0 aromatic carbocycles. The van der Waals surface area contributed by atoms with E-state index in [1.54, 1.807) is 0 Å². The normalized spacial score (nSPS) is 10.2. The van der Waals surface area contributed by atoms with Gasteiger partial charge in [-0.25, -0.2) is 4.98 Å². The molecule has 2 heterocycles. The maximum atomic E-state index is 13.2. The number of rotatable bonds is 4. The van der Waals surface area contributed by atoms with Gasteiger partial charge in [-0.3, -0.25) is 4.79 Å². The van der Waals surface area contributed by atoms with Gasteiger partial charge in [0.1, 0.15) is 0 Å². The summed E-state index contributed by atoms with van der Waals surface area (Å²) in [7, 11) is 0. The maximum absolute atomic E-state index is 13.2. The number of hydrogen-bond donors (Lipinski definition) is 1. The van der Waals surface area contributed by atoms with Crippen molar-refractivity contribution in [3.05, 3.63) is 54.4 Å². The van der Waals surface area contributed by atoms with Gasteiger partial charge in [-0.15, -0.1) is 0 Å². The Balaban J connectivity index is 1.88. The van der Waals surface area contributed by atoms with Gasteiger partial charge < -0.3 is 9.88 Å². The van der Waals surface area contributed by atoms with Gasteiger partial charge in [-0.2, -0.15) is 4.39 Å². The molecule has 0 spiro atoms. The summed E-state index contributed by atoms with van der Waals surface area (Å²) < 4.78 is 15.1. The minimum atomic E-state index is -0.744. The Kier molecular flexibility index (Phi) is 3.49.